The summed E-state index contributed by atoms with van der Waals surface area (Å²) in [5.41, 5.74) is 42.3. The molecule has 0 saturated carbocycles. The molecule has 0 radical (unpaired) electrons. The van der Waals surface area contributed by atoms with Gasteiger partial charge in [-0.05, 0) is 148 Å². The second-order valence-electron chi connectivity index (χ2n) is 28.4. The van der Waals surface area contributed by atoms with Gasteiger partial charge in [0.1, 0.15) is 18.1 Å². The van der Waals surface area contributed by atoms with E-state index in [4.69, 9.17) is 51.7 Å². The van der Waals surface area contributed by atoms with Gasteiger partial charge in [0.25, 0.3) is 29.5 Å². The Morgan fingerprint density at radius 2 is 1.21 bits per heavy atom. The highest BCUT2D eigenvalue weighted by Gasteiger charge is 2.64. The average molecular weight is 1550 g/mol. The summed E-state index contributed by atoms with van der Waals surface area (Å²) in [7, 11) is 0. The largest absolute Gasteiger partial charge is 0.394 e. The second kappa shape index (κ2) is 42.1. The lowest BCUT2D eigenvalue weighted by atomic mass is 9.77. The summed E-state index contributed by atoms with van der Waals surface area (Å²) in [6.45, 7) is 7.60. The molecular formula is C74H106ClN23O12. The van der Waals surface area contributed by atoms with E-state index in [1.54, 1.807) is 62.4 Å². The lowest BCUT2D eigenvalue weighted by molar-refractivity contribution is -0.177. The number of benzene rings is 3. The van der Waals surface area contributed by atoms with Crippen LogP contribution in [0.3, 0.4) is 0 Å². The lowest BCUT2D eigenvalue weighted by Gasteiger charge is -2.46. The number of aliphatic hydroxyl groups excluding tert-OH is 1. The molecule has 0 spiro atoms. The number of carbonyl (C=O) groups excluding carboxylic acids is 11. The third-order valence-corrected chi connectivity index (χ3v) is 19.0. The summed E-state index contributed by atoms with van der Waals surface area (Å²) in [4.78, 5) is 189. The normalized spacial score (nSPS) is 15.6. The van der Waals surface area contributed by atoms with E-state index in [1.165, 1.54) is 36.7 Å². The van der Waals surface area contributed by atoms with Gasteiger partial charge < -0.3 is 82.0 Å². The molecule has 0 aliphatic carbocycles. The summed E-state index contributed by atoms with van der Waals surface area (Å²) in [5, 5.41) is 43.1. The number of anilines is 4. The molecule has 36 heteroatoms. The number of pyridine rings is 1. The number of H-pyrrole nitrogens is 2. The average Bonchev–Trinajstić information content (AvgIpc) is 0.744. The molecule has 9 amide bonds. The number of halogens is 1. The minimum Gasteiger partial charge on any atom is -0.394 e. The summed E-state index contributed by atoms with van der Waals surface area (Å²) in [6.07, 6.45) is 0.753. The van der Waals surface area contributed by atoms with Crippen LogP contribution in [0.5, 0.6) is 0 Å². The van der Waals surface area contributed by atoms with Crippen LogP contribution in [0.4, 0.5) is 23.8 Å². The van der Waals surface area contributed by atoms with Gasteiger partial charge in [-0.15, -0.1) is 10.2 Å². The molecule has 1 saturated heterocycles. The molecule has 1 aliphatic rings. The molecule has 4 heterocycles. The standard InChI is InChI=1S/C74H106ClN23O12/c1-42(2)34-57(88-62(103)51(76)19-8-12-31-85-72-90-70(81)92-94-72)66(107)97(65(106)53(78)21-10-13-32-86-73-91-71(82)93-95-73)69(110)74(61(102)54(79)36-45-24-27-50(75)28-25-45,39-60(101)56(87-44(5)100)38-46-23-26-48-17-6-7-18-49(48)35-46)98(67(108)58(41-99)89-63(104)55(80)37-47-16-14-29-83-40-47)68(109)59-22-15-33-96(59)64(105)52(77)20-9-11-30-84-43(3)4/h6-7,14,16-18,23-29,35,40,42-43,51-59,84,99H,8-13,15,19-22,30-34,36-39,41,76-80H2,1-5H3,(H,87,100)(H,88,103)(H,89,104)(H4,81,85,90,92,94)(H4,82,86,91,93,95). The number of unbranched alkanes of at least 4 members (excludes halogenated alkanes) is 3. The number of hydrogen-bond acceptors (Lipinski definition) is 27. The maximum absolute atomic E-state index is 17.8. The Labute approximate surface area is 643 Å². The fourth-order valence-electron chi connectivity index (χ4n) is 13.0. The van der Waals surface area contributed by atoms with E-state index in [-0.39, 0.29) is 115 Å². The van der Waals surface area contributed by atoms with Gasteiger partial charge in [0, 0.05) is 56.4 Å². The number of ketones is 2. The number of Topliss-reactive ketones (excluding diaryl/α,β-unsaturated/α-hetero) is 2. The molecule has 0 bridgehead atoms. The van der Waals surface area contributed by atoms with Crippen LogP contribution in [-0.4, -0.2) is 219 Å². The SMILES string of the molecule is CC(=O)NC(Cc1ccc2ccccc2c1)C(=O)CC(C(=O)C(N)Cc1ccc(Cl)cc1)(C(=O)N(C(=O)C(N)CCCCNc1n[nH]c(N)n1)C(=O)C(CC(C)C)NC(=O)C(N)CCCCNc1n[nH]c(N)n1)N(C(=O)C(CO)NC(=O)C(N)Cc1cccnc1)C(=O)C1CCCN1C(=O)C(N)CCCCNC(C)C. The number of hydrogen-bond donors (Lipinski definition) is 16. The molecule has 3 aromatic heterocycles. The summed E-state index contributed by atoms with van der Waals surface area (Å²) in [6, 6.07) is 4.84. The van der Waals surface area contributed by atoms with E-state index in [2.05, 4.69) is 67.2 Å². The van der Waals surface area contributed by atoms with Gasteiger partial charge in [-0.3, -0.25) is 62.6 Å². The highest BCUT2D eigenvalue weighted by Crippen LogP contribution is 2.35. The number of nitrogens with zero attached hydrogens (tertiary/aromatic N) is 8. The quantitative estimate of drug-likeness (QED) is 0.0185. The van der Waals surface area contributed by atoms with Crippen molar-refractivity contribution in [2.24, 2.45) is 34.6 Å². The maximum atomic E-state index is 17.8. The molecule has 1 fully saturated rings. The number of amides is 9. The number of imide groups is 4. The molecule has 35 nitrogen and oxygen atoms in total. The molecule has 6 aromatic rings. The lowest BCUT2D eigenvalue weighted by Crippen LogP contribution is -2.76. The first kappa shape index (κ1) is 87.0. The Kier molecular flexibility index (Phi) is 33.3. The van der Waals surface area contributed by atoms with E-state index < -0.39 is 163 Å². The molecule has 10 atom stereocenters. The zero-order chi connectivity index (χ0) is 80.4. The monoisotopic (exact) mass is 1540 g/mol. The van der Waals surface area contributed by atoms with Gasteiger partial charge in [0.2, 0.25) is 47.4 Å². The van der Waals surface area contributed by atoms with Gasteiger partial charge in [-0.1, -0.05) is 106 Å². The Bertz CT molecular complexity index is 4110. The molecule has 596 valence electrons. The zero-order valence-corrected chi connectivity index (χ0v) is 63.6. The van der Waals surface area contributed by atoms with Crippen molar-refractivity contribution >= 4 is 111 Å². The van der Waals surface area contributed by atoms with Crippen LogP contribution in [0.1, 0.15) is 135 Å². The number of carbonyl (C=O) groups is 11. The second-order valence-corrected chi connectivity index (χ2v) is 28.9. The van der Waals surface area contributed by atoms with Crippen LogP contribution in [0.2, 0.25) is 5.02 Å². The first-order valence-corrected chi connectivity index (χ1v) is 37.4. The van der Waals surface area contributed by atoms with Crippen molar-refractivity contribution in [3.63, 3.8) is 0 Å². The topological polar surface area (TPSA) is 568 Å². The Morgan fingerprint density at radius 3 is 1.79 bits per heavy atom. The number of fused-ring (bicyclic) bond motifs is 1. The molecule has 1 aliphatic heterocycles. The van der Waals surface area contributed by atoms with Gasteiger partial charge in [-0.2, -0.15) is 9.97 Å². The van der Waals surface area contributed by atoms with Crippen molar-refractivity contribution in [2.75, 3.05) is 54.9 Å². The number of aromatic nitrogens is 7. The zero-order valence-electron chi connectivity index (χ0n) is 62.8. The van der Waals surface area contributed by atoms with Crippen LogP contribution in [0, 0.1) is 5.92 Å². The first-order valence-electron chi connectivity index (χ1n) is 37.0. The number of aromatic amines is 2. The Balaban J connectivity index is 1.50. The van der Waals surface area contributed by atoms with E-state index in [0.717, 1.165) is 17.2 Å². The first-order chi connectivity index (χ1) is 52.4. The molecule has 110 heavy (non-hydrogen) atoms. The molecule has 7 rings (SSSR count). The third-order valence-electron chi connectivity index (χ3n) is 18.8. The number of likely N-dealkylation sites (tertiary alicyclic amines) is 1. The van der Waals surface area contributed by atoms with Crippen molar-refractivity contribution < 1.29 is 57.8 Å². The fraction of sp³-hybridized carbons (Fsp3) is 0.514. The van der Waals surface area contributed by atoms with Crippen LogP contribution < -0.4 is 72.0 Å². The highest BCUT2D eigenvalue weighted by molar-refractivity contribution is 6.30. The maximum Gasteiger partial charge on any atom is 0.270 e. The van der Waals surface area contributed by atoms with Crippen molar-refractivity contribution in [2.45, 2.75) is 203 Å². The molecule has 3 aromatic carbocycles. The summed E-state index contributed by atoms with van der Waals surface area (Å²) in [5.74, 6) is -15.8. The fourth-order valence-corrected chi connectivity index (χ4v) is 13.2. The number of nitrogen functional groups attached to an aromatic ring is 2. The van der Waals surface area contributed by atoms with Gasteiger partial charge in [0.15, 0.2) is 17.1 Å². The summed E-state index contributed by atoms with van der Waals surface area (Å²) >= 11 is 6.37. The van der Waals surface area contributed by atoms with Crippen LogP contribution >= 0.6 is 11.6 Å². The van der Waals surface area contributed by atoms with Gasteiger partial charge in [-0.25, -0.2) is 15.1 Å². The predicted octanol–water partition coefficient (Wildman–Crippen LogP) is 0.694. The van der Waals surface area contributed by atoms with Crippen molar-refractivity contribution in [1.82, 2.24) is 71.3 Å². The Hall–Kier alpha value is -10.3. The molecule has 23 N–H and O–H groups in total. The predicted molar refractivity (Wildman–Crippen MR) is 413 cm³/mol. The molecular weight excluding hydrogens is 1440 g/mol. The highest BCUT2D eigenvalue weighted by atomic mass is 35.5. The minimum atomic E-state index is -4.03. The van der Waals surface area contributed by atoms with Crippen LogP contribution in [0.15, 0.2) is 91.3 Å². The van der Waals surface area contributed by atoms with Crippen LogP contribution in [-0.2, 0) is 72.0 Å². The van der Waals surface area contributed by atoms with E-state index >= 15 is 38.4 Å². The van der Waals surface area contributed by atoms with Crippen molar-refractivity contribution in [1.29, 1.82) is 0 Å². The van der Waals surface area contributed by atoms with E-state index in [1.807, 2.05) is 19.9 Å². The number of aliphatic hydroxyl groups is 1. The van der Waals surface area contributed by atoms with Gasteiger partial charge in [0.05, 0.1) is 42.9 Å². The number of nitrogens with one attached hydrogen (secondary N) is 8. The van der Waals surface area contributed by atoms with E-state index in [9.17, 15) is 19.5 Å². The molecule has 10 unspecified atom stereocenters. The smallest absolute Gasteiger partial charge is 0.270 e. The number of nitrogens with two attached hydrogens (primary N) is 7. The Morgan fingerprint density at radius 1 is 0.627 bits per heavy atom. The van der Waals surface area contributed by atoms with E-state index in [0.29, 0.717) is 55.3 Å². The number of rotatable bonds is 44. The van der Waals surface area contributed by atoms with Crippen LogP contribution in [0.25, 0.3) is 10.8 Å². The third kappa shape index (κ3) is 24.6. The van der Waals surface area contributed by atoms with Gasteiger partial charge >= 0.3 is 0 Å². The van der Waals surface area contributed by atoms with Crippen molar-refractivity contribution in [3.05, 3.63) is 113 Å². The minimum absolute atomic E-state index is 0.00380. The van der Waals surface area contributed by atoms with Crippen molar-refractivity contribution in [3.8, 4) is 0 Å². The summed E-state index contributed by atoms with van der Waals surface area (Å²) < 4.78 is 0.